The van der Waals surface area contributed by atoms with Gasteiger partial charge in [-0.3, -0.25) is 9.42 Å². The van der Waals surface area contributed by atoms with E-state index >= 15 is 0 Å². The van der Waals surface area contributed by atoms with Gasteiger partial charge in [0, 0.05) is 12.3 Å². The van der Waals surface area contributed by atoms with Crippen LogP contribution in [0.1, 0.15) is 11.7 Å². The largest absolute Gasteiger partial charge is 0.272 e. The first-order valence-corrected chi connectivity index (χ1v) is 4.51. The summed E-state index contributed by atoms with van der Waals surface area (Å²) in [6.45, 7) is 1.42. The van der Waals surface area contributed by atoms with E-state index < -0.39 is 0 Å². The lowest BCUT2D eigenvalue weighted by atomic mass is 10.2. The molecule has 0 spiro atoms. The van der Waals surface area contributed by atoms with E-state index in [0.29, 0.717) is 11.5 Å². The molecule has 1 aromatic carbocycles. The quantitative estimate of drug-likeness (QED) is 0.556. The molecule has 5 nitrogen and oxygen atoms in total. The Balaban J connectivity index is 2.47. The molecule has 0 amide bonds. The Morgan fingerprint density at radius 3 is 3.00 bits per heavy atom. The van der Waals surface area contributed by atoms with E-state index in [1.807, 2.05) is 24.3 Å². The van der Waals surface area contributed by atoms with Crippen LogP contribution in [0.25, 0.3) is 22.4 Å². The molecule has 2 aliphatic heterocycles. The predicted molar refractivity (Wildman–Crippen MR) is 52.7 cm³/mol. The van der Waals surface area contributed by atoms with Crippen LogP contribution in [0.15, 0.2) is 28.9 Å². The van der Waals surface area contributed by atoms with Gasteiger partial charge in [0.15, 0.2) is 0 Å². The SMILES string of the molecule is CC(=O)n1onc2nc3ccccc3c1-2. The maximum atomic E-state index is 11.3. The zero-order valence-corrected chi connectivity index (χ0v) is 7.97. The standard InChI is InChI=1S/C10H7N3O2/c1-6(14)13-9-7-4-2-3-5-8(7)11-10(9)12-15-13/h2-5H,1H3. The van der Waals surface area contributed by atoms with E-state index in [1.54, 1.807) is 0 Å². The van der Waals surface area contributed by atoms with Gasteiger partial charge in [-0.1, -0.05) is 18.2 Å². The predicted octanol–water partition coefficient (Wildman–Crippen LogP) is 1.79. The van der Waals surface area contributed by atoms with Crippen molar-refractivity contribution in [3.8, 4) is 11.5 Å². The molecule has 0 radical (unpaired) electrons. The Labute approximate surface area is 84.6 Å². The summed E-state index contributed by atoms with van der Waals surface area (Å²) in [4.78, 5) is 15.5. The smallest absolute Gasteiger partial charge is 0.259 e. The molecular weight excluding hydrogens is 194 g/mol. The number of rotatable bonds is 0. The zero-order chi connectivity index (χ0) is 10.4. The summed E-state index contributed by atoms with van der Waals surface area (Å²) in [7, 11) is 0. The number of carbonyl (C=O) groups excluding carboxylic acids is 1. The van der Waals surface area contributed by atoms with Gasteiger partial charge in [0.05, 0.1) is 5.52 Å². The maximum Gasteiger partial charge on any atom is 0.259 e. The Kier molecular flexibility index (Phi) is 1.45. The van der Waals surface area contributed by atoms with Crippen molar-refractivity contribution >= 4 is 16.8 Å². The normalized spacial score (nSPS) is 11.3. The summed E-state index contributed by atoms with van der Waals surface area (Å²) in [6, 6.07) is 7.55. The number of carbonyl (C=O) groups is 1. The molecule has 0 aromatic heterocycles. The second-order valence-electron chi connectivity index (χ2n) is 3.29. The molecule has 0 N–H and O–H groups in total. The molecule has 2 heterocycles. The molecular formula is C10H7N3O2. The van der Waals surface area contributed by atoms with Crippen molar-refractivity contribution in [1.82, 2.24) is 14.9 Å². The fourth-order valence-electron chi connectivity index (χ4n) is 1.66. The molecule has 0 fully saturated rings. The van der Waals surface area contributed by atoms with E-state index in [1.165, 1.54) is 6.92 Å². The Hall–Kier alpha value is -2.17. The minimum atomic E-state index is -0.212. The van der Waals surface area contributed by atoms with Gasteiger partial charge < -0.3 is 0 Å². The molecule has 0 unspecified atom stereocenters. The van der Waals surface area contributed by atoms with Crippen LogP contribution in [0, 0.1) is 0 Å². The minimum Gasteiger partial charge on any atom is -0.272 e. The highest BCUT2D eigenvalue weighted by atomic mass is 16.6. The van der Waals surface area contributed by atoms with Crippen LogP contribution in [0.5, 0.6) is 0 Å². The van der Waals surface area contributed by atoms with Crippen molar-refractivity contribution in [1.29, 1.82) is 0 Å². The molecule has 74 valence electrons. The molecule has 3 rings (SSSR count). The summed E-state index contributed by atoms with van der Waals surface area (Å²) in [5, 5.41) is 4.61. The molecule has 0 saturated heterocycles. The van der Waals surface area contributed by atoms with Gasteiger partial charge in [-0.2, -0.15) is 0 Å². The highest BCUT2D eigenvalue weighted by Crippen LogP contribution is 2.29. The second kappa shape index (κ2) is 2.66. The van der Waals surface area contributed by atoms with Gasteiger partial charge in [-0.25, -0.2) is 4.98 Å². The van der Waals surface area contributed by atoms with Crippen LogP contribution in [-0.2, 0) is 0 Å². The first-order valence-electron chi connectivity index (χ1n) is 4.51. The molecule has 0 saturated carbocycles. The lowest BCUT2D eigenvalue weighted by Crippen LogP contribution is -2.04. The lowest BCUT2D eigenvalue weighted by Gasteiger charge is -1.94. The summed E-state index contributed by atoms with van der Waals surface area (Å²) < 4.78 is 6.04. The van der Waals surface area contributed by atoms with Crippen LogP contribution in [-0.4, -0.2) is 20.8 Å². The van der Waals surface area contributed by atoms with Gasteiger partial charge in [0.25, 0.3) is 5.91 Å². The van der Waals surface area contributed by atoms with E-state index in [4.69, 9.17) is 4.63 Å². The first kappa shape index (κ1) is 8.16. The first-order chi connectivity index (χ1) is 7.27. The molecule has 15 heavy (non-hydrogen) atoms. The number of benzene rings is 1. The molecule has 0 atom stereocenters. The van der Waals surface area contributed by atoms with Crippen LogP contribution in [0.2, 0.25) is 0 Å². The Morgan fingerprint density at radius 2 is 2.20 bits per heavy atom. The van der Waals surface area contributed by atoms with Gasteiger partial charge in [-0.15, -0.1) is 4.74 Å². The van der Waals surface area contributed by atoms with Crippen molar-refractivity contribution < 1.29 is 9.42 Å². The van der Waals surface area contributed by atoms with Crippen molar-refractivity contribution in [2.24, 2.45) is 0 Å². The topological polar surface area (TPSA) is 60.9 Å². The fourth-order valence-corrected chi connectivity index (χ4v) is 1.66. The fraction of sp³-hybridized carbons (Fsp3) is 0.100. The number of aromatic nitrogens is 3. The summed E-state index contributed by atoms with van der Waals surface area (Å²) in [6.07, 6.45) is 0. The third-order valence-electron chi connectivity index (χ3n) is 2.30. The van der Waals surface area contributed by atoms with Crippen molar-refractivity contribution in [3.05, 3.63) is 24.3 Å². The van der Waals surface area contributed by atoms with Crippen LogP contribution >= 0.6 is 0 Å². The van der Waals surface area contributed by atoms with E-state index in [-0.39, 0.29) is 5.91 Å². The summed E-state index contributed by atoms with van der Waals surface area (Å²) in [5.41, 5.74) is 1.46. The monoisotopic (exact) mass is 201 g/mol. The Morgan fingerprint density at radius 1 is 1.40 bits per heavy atom. The molecule has 2 aliphatic rings. The van der Waals surface area contributed by atoms with Gasteiger partial charge in [0.2, 0.25) is 5.82 Å². The van der Waals surface area contributed by atoms with E-state index in [0.717, 1.165) is 15.6 Å². The van der Waals surface area contributed by atoms with Crippen LogP contribution in [0.4, 0.5) is 0 Å². The molecule has 1 aromatic rings. The molecule has 0 aliphatic carbocycles. The molecule has 5 heteroatoms. The van der Waals surface area contributed by atoms with Crippen molar-refractivity contribution in [2.45, 2.75) is 6.92 Å². The average molecular weight is 201 g/mol. The molecule has 0 bridgehead atoms. The van der Waals surface area contributed by atoms with Crippen LogP contribution in [0.3, 0.4) is 0 Å². The third kappa shape index (κ3) is 0.999. The minimum absolute atomic E-state index is 0.212. The number of para-hydroxylation sites is 1. The highest BCUT2D eigenvalue weighted by Gasteiger charge is 2.22. The number of nitrogens with zero attached hydrogens (tertiary/aromatic N) is 3. The van der Waals surface area contributed by atoms with Gasteiger partial charge in [0.1, 0.15) is 5.69 Å². The highest BCUT2D eigenvalue weighted by molar-refractivity contribution is 5.97. The summed E-state index contributed by atoms with van der Waals surface area (Å²) >= 11 is 0. The zero-order valence-electron chi connectivity index (χ0n) is 7.97. The lowest BCUT2D eigenvalue weighted by molar-refractivity contribution is 0.0781. The Bertz CT molecular complexity index is 623. The van der Waals surface area contributed by atoms with Crippen molar-refractivity contribution in [2.75, 3.05) is 0 Å². The van der Waals surface area contributed by atoms with Gasteiger partial charge in [-0.05, 0) is 11.2 Å². The van der Waals surface area contributed by atoms with Crippen molar-refractivity contribution in [3.63, 3.8) is 0 Å². The summed E-state index contributed by atoms with van der Waals surface area (Å²) in [5.74, 6) is 0.252. The second-order valence-corrected chi connectivity index (χ2v) is 3.29. The van der Waals surface area contributed by atoms with E-state index in [9.17, 15) is 4.79 Å². The number of hydrogen-bond acceptors (Lipinski definition) is 4. The third-order valence-corrected chi connectivity index (χ3v) is 2.30. The maximum absolute atomic E-state index is 11.3. The van der Waals surface area contributed by atoms with Gasteiger partial charge >= 0.3 is 0 Å². The van der Waals surface area contributed by atoms with E-state index in [2.05, 4.69) is 10.1 Å². The average Bonchev–Trinajstić information content (AvgIpc) is 2.74. The number of hydrogen-bond donors (Lipinski definition) is 0. The van der Waals surface area contributed by atoms with Crippen LogP contribution < -0.4 is 0 Å². The number of fused-ring (bicyclic) bond motifs is 3.